The predicted octanol–water partition coefficient (Wildman–Crippen LogP) is 11.2. The molecule has 12 heteroatoms. The van der Waals surface area contributed by atoms with Crippen molar-refractivity contribution in [3.05, 3.63) is 205 Å². The molecule has 2 amide bonds. The van der Waals surface area contributed by atoms with E-state index in [2.05, 4.69) is 21.9 Å². The van der Waals surface area contributed by atoms with E-state index >= 15 is 0 Å². The molecule has 1 N–H and O–H groups in total. The molecule has 5 aromatic carbocycles. The van der Waals surface area contributed by atoms with Crippen LogP contribution in [0.2, 0.25) is 0 Å². The summed E-state index contributed by atoms with van der Waals surface area (Å²) in [6.07, 6.45) is 10.9. The van der Waals surface area contributed by atoms with Gasteiger partial charge in [0.2, 0.25) is 0 Å². The molecule has 7 aromatic rings. The Morgan fingerprint density at radius 3 is 1.88 bits per heavy atom. The van der Waals surface area contributed by atoms with E-state index in [1.165, 1.54) is 6.08 Å². The van der Waals surface area contributed by atoms with Crippen LogP contribution in [0.3, 0.4) is 0 Å². The number of carbonyl (C=O) groups excluding carboxylic acids is 2. The summed E-state index contributed by atoms with van der Waals surface area (Å²) >= 11 is 0. The van der Waals surface area contributed by atoms with Gasteiger partial charge in [0.05, 0.1) is 0 Å². The highest BCUT2D eigenvalue weighted by Gasteiger charge is 2.23. The number of amides is 2. The van der Waals surface area contributed by atoms with Crippen LogP contribution in [0.25, 0.3) is 22.8 Å². The lowest BCUT2D eigenvalue weighted by Crippen LogP contribution is -2.36. The summed E-state index contributed by atoms with van der Waals surface area (Å²) in [5.41, 5.74) is 4.54. The summed E-state index contributed by atoms with van der Waals surface area (Å²) in [6.45, 7) is 4.56. The number of nitrogens with one attached hydrogen (secondary N) is 1. The largest absolute Gasteiger partial charge is 0.457 e. The minimum atomic E-state index is -0.514. The van der Waals surface area contributed by atoms with Crippen molar-refractivity contribution in [2.45, 2.75) is 13.0 Å². The smallest absolute Gasteiger partial charge is 0.264 e. The van der Waals surface area contributed by atoms with Gasteiger partial charge < -0.3 is 29.2 Å². The molecule has 0 radical (unpaired) electrons. The number of pyridine rings is 2. The average molecular weight is 869 g/mol. The van der Waals surface area contributed by atoms with E-state index in [0.29, 0.717) is 65.3 Å². The van der Waals surface area contributed by atoms with Crippen LogP contribution in [-0.2, 0) is 16.1 Å². The Kier molecular flexibility index (Phi) is 13.6. The van der Waals surface area contributed by atoms with Gasteiger partial charge in [0.15, 0.2) is 0 Å². The van der Waals surface area contributed by atoms with Gasteiger partial charge in [-0.25, -0.2) is 0 Å². The highest BCUT2D eigenvalue weighted by molar-refractivity contribution is 6.01. The Morgan fingerprint density at radius 1 is 0.667 bits per heavy atom. The molecule has 0 bridgehead atoms. The Labute approximate surface area is 381 Å². The first-order valence-corrected chi connectivity index (χ1v) is 20.8. The van der Waals surface area contributed by atoms with Crippen molar-refractivity contribution in [3.63, 3.8) is 0 Å². The van der Waals surface area contributed by atoms with E-state index < -0.39 is 11.8 Å². The fraction of sp³-hybridized carbons (Fsp3) is 0.0741. The summed E-state index contributed by atoms with van der Waals surface area (Å²) in [6, 6.07) is 46.2. The molecule has 0 atom stereocenters. The second-order valence-electron chi connectivity index (χ2n) is 14.9. The highest BCUT2D eigenvalue weighted by atomic mass is 16.5. The molecule has 0 aliphatic carbocycles. The van der Waals surface area contributed by atoms with Crippen molar-refractivity contribution in [1.29, 1.82) is 10.5 Å². The van der Waals surface area contributed by atoms with Gasteiger partial charge in [-0.15, -0.1) is 0 Å². The van der Waals surface area contributed by atoms with Crippen molar-refractivity contribution in [1.82, 2.24) is 20.2 Å². The van der Waals surface area contributed by atoms with E-state index in [-0.39, 0.29) is 17.7 Å². The van der Waals surface area contributed by atoms with E-state index in [1.54, 1.807) is 90.4 Å². The monoisotopic (exact) mass is 868 g/mol. The van der Waals surface area contributed by atoms with Gasteiger partial charge in [-0.05, 0) is 120 Å². The third kappa shape index (κ3) is 11.0. The molecule has 2 aromatic heterocycles. The molecular weight excluding hydrogens is 829 g/mol. The molecule has 1 aliphatic heterocycles. The maximum Gasteiger partial charge on any atom is 0.264 e. The summed E-state index contributed by atoms with van der Waals surface area (Å²) < 4.78 is 24.5. The van der Waals surface area contributed by atoms with Crippen LogP contribution < -0.4 is 24.3 Å². The average Bonchev–Trinajstić information content (AvgIpc) is 3.36. The number of ether oxygens (including phenoxy) is 4. The standard InChI is InChI=1S/C54H40N6O6/c1-37(31-55)54(62)60-28-6-8-41(36-60)50-35-58-27-25-52(50)66-47-22-18-45(19-23-47)64-48-11-5-7-39(30-48)29-42(32-56)53(61)59-33-38-12-14-40(15-13-38)49-34-57-26-24-51(49)65-46-20-16-44(17-21-46)63-43-9-3-2-4-10-43/h2-5,7-27,29-30,34-35H,1,6,28,33,36H2,(H,59,61). The van der Waals surface area contributed by atoms with Crippen molar-refractivity contribution < 1.29 is 28.5 Å². The fourth-order valence-corrected chi connectivity index (χ4v) is 6.98. The van der Waals surface area contributed by atoms with Gasteiger partial charge >= 0.3 is 0 Å². The van der Waals surface area contributed by atoms with Crippen LogP contribution in [0.1, 0.15) is 23.1 Å². The first kappa shape index (κ1) is 43.4. The van der Waals surface area contributed by atoms with Crippen molar-refractivity contribution in [2.24, 2.45) is 0 Å². The third-order valence-corrected chi connectivity index (χ3v) is 10.3. The summed E-state index contributed by atoms with van der Waals surface area (Å²) in [7, 11) is 0. The Hall–Kier alpha value is -9.26. The van der Waals surface area contributed by atoms with Crippen molar-refractivity contribution in [2.75, 3.05) is 13.1 Å². The molecule has 66 heavy (non-hydrogen) atoms. The Morgan fingerprint density at radius 2 is 1.24 bits per heavy atom. The number of carbonyl (C=O) groups is 2. The van der Waals surface area contributed by atoms with Crippen LogP contribution in [0, 0.1) is 22.7 Å². The molecule has 1 aliphatic rings. The SMILES string of the molecule is C=C(C#N)C(=O)N1CCC=C(c2cnccc2Oc2ccc(Oc3cccc(C=C(C#N)C(=O)NCc4ccc(-c5cnccc5Oc5ccc(Oc6ccccc6)cc5)cc4)c3)cc2)C1. The Bertz CT molecular complexity index is 3030. The number of rotatable bonds is 15. The molecule has 3 heterocycles. The summed E-state index contributed by atoms with van der Waals surface area (Å²) in [5.74, 6) is 3.96. The van der Waals surface area contributed by atoms with Crippen LogP contribution in [-0.4, -0.2) is 39.8 Å². The lowest BCUT2D eigenvalue weighted by molar-refractivity contribution is -0.126. The summed E-state index contributed by atoms with van der Waals surface area (Å²) in [5, 5.41) is 21.9. The number of nitrogens with zero attached hydrogens (tertiary/aromatic N) is 5. The molecule has 0 saturated heterocycles. The Balaban J connectivity index is 0.851. The zero-order chi connectivity index (χ0) is 45.7. The van der Waals surface area contributed by atoms with Crippen molar-refractivity contribution in [3.8, 4) is 69.3 Å². The second kappa shape index (κ2) is 20.7. The molecule has 0 fully saturated rings. The summed E-state index contributed by atoms with van der Waals surface area (Å²) in [4.78, 5) is 36.0. The molecule has 0 spiro atoms. The van der Waals surface area contributed by atoms with Crippen LogP contribution in [0.15, 0.2) is 188 Å². The number of benzene rings is 5. The molecule has 12 nitrogen and oxygen atoms in total. The van der Waals surface area contributed by atoms with Crippen LogP contribution in [0.5, 0.6) is 46.0 Å². The first-order chi connectivity index (χ1) is 32.3. The normalized spacial score (nSPS) is 12.1. The molecular formula is C54H40N6O6. The first-order valence-electron chi connectivity index (χ1n) is 20.8. The van der Waals surface area contributed by atoms with Gasteiger partial charge in [-0.1, -0.05) is 67.3 Å². The lowest BCUT2D eigenvalue weighted by atomic mass is 10.0. The fourth-order valence-electron chi connectivity index (χ4n) is 6.98. The maximum atomic E-state index is 13.2. The predicted molar refractivity (Wildman–Crippen MR) is 249 cm³/mol. The minimum absolute atomic E-state index is 0.0616. The quantitative estimate of drug-likeness (QED) is 0.0776. The minimum Gasteiger partial charge on any atom is -0.457 e. The number of aromatic nitrogens is 2. The van der Waals surface area contributed by atoms with Gasteiger partial charge in [0.25, 0.3) is 11.8 Å². The number of hydrogen-bond acceptors (Lipinski definition) is 10. The van der Waals surface area contributed by atoms with Crippen LogP contribution >= 0.6 is 0 Å². The molecule has 0 unspecified atom stereocenters. The third-order valence-electron chi connectivity index (χ3n) is 10.3. The molecule has 0 saturated carbocycles. The lowest BCUT2D eigenvalue weighted by Gasteiger charge is -2.27. The molecule has 8 rings (SSSR count). The van der Waals surface area contributed by atoms with Gasteiger partial charge in [0, 0.05) is 55.5 Å². The van der Waals surface area contributed by atoms with Gasteiger partial charge in [0.1, 0.15) is 69.3 Å². The zero-order valence-electron chi connectivity index (χ0n) is 35.5. The van der Waals surface area contributed by atoms with E-state index in [9.17, 15) is 14.9 Å². The van der Waals surface area contributed by atoms with Gasteiger partial charge in [-0.3, -0.25) is 19.6 Å². The molecule has 322 valence electrons. The van der Waals surface area contributed by atoms with E-state index in [1.807, 2.05) is 97.1 Å². The van der Waals surface area contributed by atoms with Crippen molar-refractivity contribution >= 4 is 23.5 Å². The van der Waals surface area contributed by atoms with E-state index in [0.717, 1.165) is 33.6 Å². The second-order valence-corrected chi connectivity index (χ2v) is 14.9. The highest BCUT2D eigenvalue weighted by Crippen LogP contribution is 2.35. The number of nitriles is 2. The van der Waals surface area contributed by atoms with E-state index in [4.69, 9.17) is 24.2 Å². The number of hydrogen-bond donors (Lipinski definition) is 1. The zero-order valence-corrected chi connectivity index (χ0v) is 35.5. The topological polar surface area (TPSA) is 160 Å². The van der Waals surface area contributed by atoms with Crippen LogP contribution in [0.4, 0.5) is 0 Å². The maximum absolute atomic E-state index is 13.2. The number of para-hydroxylation sites is 1. The van der Waals surface area contributed by atoms with Gasteiger partial charge in [-0.2, -0.15) is 10.5 Å².